The summed E-state index contributed by atoms with van der Waals surface area (Å²) in [5.74, 6) is -0.655. The first-order valence-electron chi connectivity index (χ1n) is 9.24. The lowest BCUT2D eigenvalue weighted by molar-refractivity contribution is -0.137. The molecule has 1 N–H and O–H groups in total. The van der Waals surface area contributed by atoms with E-state index in [9.17, 15) is 4.79 Å². The summed E-state index contributed by atoms with van der Waals surface area (Å²) in [7, 11) is 0. The molecule has 22 heavy (non-hydrogen) atoms. The van der Waals surface area contributed by atoms with Gasteiger partial charge in [-0.25, -0.2) is 0 Å². The molecule has 0 aliphatic heterocycles. The first-order chi connectivity index (χ1) is 10.8. The highest BCUT2D eigenvalue weighted by molar-refractivity contribution is 14.1. The Morgan fingerprint density at radius 1 is 0.682 bits per heavy atom. The molecule has 0 radical (unpaired) electrons. The second-order valence-corrected chi connectivity index (χ2v) is 6.96. The van der Waals surface area contributed by atoms with E-state index in [-0.39, 0.29) is 0 Å². The summed E-state index contributed by atoms with van der Waals surface area (Å²) in [6, 6.07) is 0. The molecule has 0 rings (SSSR count). The van der Waals surface area contributed by atoms with Crippen molar-refractivity contribution < 1.29 is 9.90 Å². The highest BCUT2D eigenvalue weighted by atomic mass is 127. The van der Waals surface area contributed by atoms with Gasteiger partial charge in [0.25, 0.3) is 0 Å². The molecule has 0 spiro atoms. The smallest absolute Gasteiger partial charge is 0.303 e. The van der Waals surface area contributed by atoms with E-state index < -0.39 is 5.97 Å². The van der Waals surface area contributed by atoms with Crippen molar-refractivity contribution in [3.8, 4) is 0 Å². The van der Waals surface area contributed by atoms with Crippen LogP contribution in [0.1, 0.15) is 103 Å². The van der Waals surface area contributed by atoms with Crippen molar-refractivity contribution in [3.63, 3.8) is 0 Å². The normalized spacial score (nSPS) is 11.3. The molecule has 0 aromatic heterocycles. The highest BCUT2D eigenvalue weighted by Crippen LogP contribution is 2.13. The lowest BCUT2D eigenvalue weighted by Gasteiger charge is -2.03. The second-order valence-electron chi connectivity index (χ2n) is 6.24. The topological polar surface area (TPSA) is 37.3 Å². The number of hydrogen-bond donors (Lipinski definition) is 1. The minimum atomic E-state index is -0.655. The maximum atomic E-state index is 10.4. The number of rotatable bonds is 17. The molecule has 3 heteroatoms. The average molecular weight is 422 g/mol. The number of allylic oxidation sites excluding steroid dienone is 1. The number of aliphatic carboxylic acids is 1. The van der Waals surface area contributed by atoms with Crippen molar-refractivity contribution in [1.29, 1.82) is 0 Å². The summed E-state index contributed by atoms with van der Waals surface area (Å²) < 4.78 is 2.12. The van der Waals surface area contributed by atoms with Crippen LogP contribution in [0.4, 0.5) is 0 Å². The van der Waals surface area contributed by atoms with Gasteiger partial charge in [0, 0.05) is 6.42 Å². The standard InChI is InChI=1S/C19H35IO2/c20-18-16-14-12-10-8-6-4-2-1-3-5-7-9-11-13-15-17-19(21)22/h16,18H,1-15,17H2,(H,21,22)/b18-16+. The fraction of sp³-hybridized carbons (Fsp3) is 0.842. The third kappa shape index (κ3) is 19.9. The van der Waals surface area contributed by atoms with E-state index in [4.69, 9.17) is 5.11 Å². The van der Waals surface area contributed by atoms with Gasteiger partial charge in [-0.05, 0) is 23.3 Å². The van der Waals surface area contributed by atoms with Crippen LogP contribution in [-0.4, -0.2) is 11.1 Å². The van der Waals surface area contributed by atoms with Gasteiger partial charge in [0.1, 0.15) is 0 Å². The van der Waals surface area contributed by atoms with Crippen LogP contribution in [0.15, 0.2) is 10.2 Å². The minimum absolute atomic E-state index is 0.342. The van der Waals surface area contributed by atoms with Crippen LogP contribution in [0.3, 0.4) is 0 Å². The molecule has 0 unspecified atom stereocenters. The first-order valence-corrected chi connectivity index (χ1v) is 10.5. The highest BCUT2D eigenvalue weighted by Gasteiger charge is 1.97. The molecule has 0 amide bonds. The predicted molar refractivity (Wildman–Crippen MR) is 105 cm³/mol. The Morgan fingerprint density at radius 2 is 1.05 bits per heavy atom. The zero-order valence-electron chi connectivity index (χ0n) is 14.2. The number of unbranched alkanes of at least 4 members (excludes halogenated alkanes) is 14. The Balaban J connectivity index is 2.98. The number of carboxylic acids is 1. The average Bonchev–Trinajstić information content (AvgIpc) is 2.50. The number of halogens is 1. The summed E-state index contributed by atoms with van der Waals surface area (Å²) in [6.07, 6.45) is 22.1. The quantitative estimate of drug-likeness (QED) is 0.198. The first kappa shape index (κ1) is 21.9. The summed E-state index contributed by atoms with van der Waals surface area (Å²) in [5.41, 5.74) is 0. The molecule has 0 saturated carbocycles. The maximum Gasteiger partial charge on any atom is 0.303 e. The van der Waals surface area contributed by atoms with Crippen LogP contribution in [0.5, 0.6) is 0 Å². The Hall–Kier alpha value is -0.0600. The molecule has 0 aliphatic rings. The van der Waals surface area contributed by atoms with Crippen LogP contribution in [0.25, 0.3) is 0 Å². The Bertz CT molecular complexity index is 264. The van der Waals surface area contributed by atoms with Crippen LogP contribution in [0.2, 0.25) is 0 Å². The van der Waals surface area contributed by atoms with Gasteiger partial charge < -0.3 is 5.11 Å². The number of hydrogen-bond acceptors (Lipinski definition) is 1. The summed E-state index contributed by atoms with van der Waals surface area (Å²) >= 11 is 2.29. The van der Waals surface area contributed by atoms with E-state index in [1.807, 2.05) is 0 Å². The lowest BCUT2D eigenvalue weighted by atomic mass is 10.0. The van der Waals surface area contributed by atoms with Gasteiger partial charge in [0.15, 0.2) is 0 Å². The second kappa shape index (κ2) is 19.0. The number of carboxylic acid groups (broad SMARTS) is 1. The minimum Gasteiger partial charge on any atom is -0.481 e. The number of carbonyl (C=O) groups is 1. The van der Waals surface area contributed by atoms with E-state index in [0.29, 0.717) is 6.42 Å². The molecular formula is C19H35IO2. The van der Waals surface area contributed by atoms with E-state index >= 15 is 0 Å². The summed E-state index contributed by atoms with van der Waals surface area (Å²) in [4.78, 5) is 10.4. The van der Waals surface area contributed by atoms with E-state index in [2.05, 4.69) is 32.7 Å². The molecule has 0 heterocycles. The Kier molecular flexibility index (Phi) is 18.9. The van der Waals surface area contributed by atoms with Gasteiger partial charge >= 0.3 is 5.97 Å². The molecule has 0 aromatic carbocycles. The van der Waals surface area contributed by atoms with E-state index in [0.717, 1.165) is 12.8 Å². The third-order valence-corrected chi connectivity index (χ3v) is 4.61. The van der Waals surface area contributed by atoms with Crippen molar-refractivity contribution in [2.24, 2.45) is 0 Å². The van der Waals surface area contributed by atoms with Gasteiger partial charge in [0.05, 0.1) is 0 Å². The van der Waals surface area contributed by atoms with Crippen molar-refractivity contribution in [1.82, 2.24) is 0 Å². The Labute approximate surface area is 151 Å². The van der Waals surface area contributed by atoms with Crippen molar-refractivity contribution in [2.45, 2.75) is 103 Å². The fourth-order valence-electron chi connectivity index (χ4n) is 2.72. The lowest BCUT2D eigenvalue weighted by Crippen LogP contribution is -1.93. The fourth-order valence-corrected chi connectivity index (χ4v) is 3.08. The molecule has 0 saturated heterocycles. The summed E-state index contributed by atoms with van der Waals surface area (Å²) in [6.45, 7) is 0. The van der Waals surface area contributed by atoms with Crippen LogP contribution in [-0.2, 0) is 4.79 Å². The van der Waals surface area contributed by atoms with Crippen LogP contribution in [0, 0.1) is 0 Å². The third-order valence-electron chi connectivity index (χ3n) is 4.10. The van der Waals surface area contributed by atoms with Gasteiger partial charge in [-0.2, -0.15) is 0 Å². The van der Waals surface area contributed by atoms with E-state index in [1.54, 1.807) is 0 Å². The zero-order valence-corrected chi connectivity index (χ0v) is 16.4. The molecule has 0 aliphatic carbocycles. The van der Waals surface area contributed by atoms with Crippen molar-refractivity contribution in [3.05, 3.63) is 10.2 Å². The van der Waals surface area contributed by atoms with Gasteiger partial charge in [-0.15, -0.1) is 0 Å². The summed E-state index contributed by atoms with van der Waals surface area (Å²) in [5, 5.41) is 8.54. The van der Waals surface area contributed by atoms with Gasteiger partial charge in [-0.1, -0.05) is 106 Å². The van der Waals surface area contributed by atoms with Crippen molar-refractivity contribution >= 4 is 28.6 Å². The van der Waals surface area contributed by atoms with Crippen LogP contribution < -0.4 is 0 Å². The molecule has 0 bridgehead atoms. The van der Waals surface area contributed by atoms with Crippen molar-refractivity contribution in [2.75, 3.05) is 0 Å². The molecule has 2 nitrogen and oxygen atoms in total. The van der Waals surface area contributed by atoms with Gasteiger partial charge in [-0.3, -0.25) is 4.79 Å². The van der Waals surface area contributed by atoms with Crippen LogP contribution >= 0.6 is 22.6 Å². The molecule has 0 atom stereocenters. The zero-order chi connectivity index (χ0) is 16.3. The SMILES string of the molecule is O=C(O)CCCCCCCCCCCCCCCC/C=C/I. The molecular weight excluding hydrogens is 387 g/mol. The predicted octanol–water partition coefficient (Wildman–Crippen LogP) is 7.26. The molecule has 130 valence electrons. The monoisotopic (exact) mass is 422 g/mol. The largest absolute Gasteiger partial charge is 0.481 e. The maximum absolute atomic E-state index is 10.4. The molecule has 0 fully saturated rings. The van der Waals surface area contributed by atoms with E-state index in [1.165, 1.54) is 83.5 Å². The molecule has 0 aromatic rings. The van der Waals surface area contributed by atoms with Gasteiger partial charge in [0.2, 0.25) is 0 Å². The Morgan fingerprint density at radius 3 is 1.41 bits per heavy atom.